The highest BCUT2D eigenvalue weighted by Crippen LogP contribution is 2.27. The second kappa shape index (κ2) is 7.46. The molecule has 5 nitrogen and oxygen atoms in total. The molecule has 136 valence electrons. The number of hydrogen-bond donors (Lipinski definition) is 1. The van der Waals surface area contributed by atoms with E-state index in [0.29, 0.717) is 12.5 Å². The first kappa shape index (κ1) is 17.0. The molecule has 2 aliphatic rings. The number of aromatic amines is 1. The van der Waals surface area contributed by atoms with Gasteiger partial charge in [-0.05, 0) is 47.9 Å². The van der Waals surface area contributed by atoms with E-state index in [2.05, 4.69) is 34.1 Å². The third kappa shape index (κ3) is 3.73. The number of amides is 1. The summed E-state index contributed by atoms with van der Waals surface area (Å²) < 4.78 is 0. The number of carbonyl (C=O) groups is 1. The molecule has 1 aromatic heterocycles. The summed E-state index contributed by atoms with van der Waals surface area (Å²) in [6.45, 7) is 3.88. The molecule has 1 aromatic carbocycles. The number of fused-ring (bicyclic) bond motifs is 1. The van der Waals surface area contributed by atoms with E-state index in [0.717, 1.165) is 51.0 Å². The molecule has 0 radical (unpaired) electrons. The van der Waals surface area contributed by atoms with Crippen molar-refractivity contribution >= 4 is 5.91 Å². The van der Waals surface area contributed by atoms with Crippen molar-refractivity contribution in [3.8, 4) is 0 Å². The van der Waals surface area contributed by atoms with Crippen molar-refractivity contribution < 1.29 is 4.79 Å². The van der Waals surface area contributed by atoms with Gasteiger partial charge in [-0.3, -0.25) is 14.5 Å². The predicted molar refractivity (Wildman–Crippen MR) is 101 cm³/mol. The van der Waals surface area contributed by atoms with Crippen molar-refractivity contribution in [2.75, 3.05) is 26.2 Å². The van der Waals surface area contributed by atoms with Crippen molar-refractivity contribution in [2.24, 2.45) is 0 Å². The molecular weight excluding hydrogens is 326 g/mol. The molecule has 1 saturated heterocycles. The van der Waals surface area contributed by atoms with Crippen LogP contribution in [0, 0.1) is 0 Å². The van der Waals surface area contributed by atoms with Gasteiger partial charge in [-0.25, -0.2) is 0 Å². The first-order valence-corrected chi connectivity index (χ1v) is 9.44. The van der Waals surface area contributed by atoms with Crippen molar-refractivity contribution in [3.05, 3.63) is 69.6 Å². The Morgan fingerprint density at radius 2 is 1.85 bits per heavy atom. The van der Waals surface area contributed by atoms with Gasteiger partial charge in [0.25, 0.3) is 0 Å². The first-order valence-electron chi connectivity index (χ1n) is 9.44. The third-order valence-electron chi connectivity index (χ3n) is 5.69. The Kier molecular flexibility index (Phi) is 4.89. The van der Waals surface area contributed by atoms with E-state index < -0.39 is 0 Å². The van der Waals surface area contributed by atoms with Crippen LogP contribution in [0.25, 0.3) is 0 Å². The molecule has 0 spiro atoms. The zero-order valence-electron chi connectivity index (χ0n) is 15.0. The molecular formula is C21H25N3O2. The molecule has 26 heavy (non-hydrogen) atoms. The van der Waals surface area contributed by atoms with Crippen LogP contribution in [-0.2, 0) is 17.8 Å². The first-order chi connectivity index (χ1) is 12.7. The topological polar surface area (TPSA) is 56.4 Å². The number of hydrogen-bond acceptors (Lipinski definition) is 3. The van der Waals surface area contributed by atoms with Crippen LogP contribution in [-0.4, -0.2) is 46.9 Å². The Labute approximate surface area is 153 Å². The fourth-order valence-electron chi connectivity index (χ4n) is 4.16. The lowest BCUT2D eigenvalue weighted by Crippen LogP contribution is -2.45. The number of likely N-dealkylation sites (tertiary alicyclic amines) is 1. The number of benzene rings is 1. The minimum Gasteiger partial charge on any atom is -0.342 e. The molecule has 1 N–H and O–H groups in total. The Morgan fingerprint density at radius 3 is 2.62 bits per heavy atom. The SMILES string of the molecule is O=C(CN1CCc2ccccc2C1)N1CCC(c2cc[nH]c(=O)c2)CC1. The molecule has 0 aliphatic carbocycles. The van der Waals surface area contributed by atoms with Gasteiger partial charge in [-0.2, -0.15) is 0 Å². The van der Waals surface area contributed by atoms with Crippen LogP contribution < -0.4 is 5.56 Å². The smallest absolute Gasteiger partial charge is 0.248 e. The van der Waals surface area contributed by atoms with Crippen LogP contribution >= 0.6 is 0 Å². The number of nitrogens with zero attached hydrogens (tertiary/aromatic N) is 2. The molecule has 3 heterocycles. The van der Waals surface area contributed by atoms with Gasteiger partial charge in [-0.15, -0.1) is 0 Å². The normalized spacial score (nSPS) is 18.5. The van der Waals surface area contributed by atoms with E-state index in [-0.39, 0.29) is 11.5 Å². The van der Waals surface area contributed by atoms with Crippen LogP contribution in [0.1, 0.15) is 35.4 Å². The van der Waals surface area contributed by atoms with Gasteiger partial charge in [0.1, 0.15) is 0 Å². The molecule has 0 atom stereocenters. The molecule has 2 aromatic rings. The van der Waals surface area contributed by atoms with E-state index in [1.807, 2.05) is 11.0 Å². The lowest BCUT2D eigenvalue weighted by molar-refractivity contribution is -0.133. The highest BCUT2D eigenvalue weighted by molar-refractivity contribution is 5.78. The van der Waals surface area contributed by atoms with Crippen LogP contribution in [0.4, 0.5) is 0 Å². The van der Waals surface area contributed by atoms with Crippen molar-refractivity contribution in [3.63, 3.8) is 0 Å². The maximum atomic E-state index is 12.7. The number of H-pyrrole nitrogens is 1. The van der Waals surface area contributed by atoms with Crippen LogP contribution in [0.15, 0.2) is 47.4 Å². The van der Waals surface area contributed by atoms with Crippen molar-refractivity contribution in [2.45, 2.75) is 31.7 Å². The Morgan fingerprint density at radius 1 is 1.08 bits per heavy atom. The van der Waals surface area contributed by atoms with Gasteiger partial charge >= 0.3 is 0 Å². The molecule has 4 rings (SSSR count). The molecule has 1 amide bonds. The van der Waals surface area contributed by atoms with E-state index in [1.54, 1.807) is 12.3 Å². The summed E-state index contributed by atoms with van der Waals surface area (Å²) in [6, 6.07) is 12.2. The summed E-state index contributed by atoms with van der Waals surface area (Å²) in [4.78, 5) is 31.1. The van der Waals surface area contributed by atoms with Crippen LogP contribution in [0.2, 0.25) is 0 Å². The summed E-state index contributed by atoms with van der Waals surface area (Å²) in [5.74, 6) is 0.608. The second-order valence-electron chi connectivity index (χ2n) is 7.37. The maximum Gasteiger partial charge on any atom is 0.248 e. The lowest BCUT2D eigenvalue weighted by Gasteiger charge is -2.35. The van der Waals surface area contributed by atoms with Gasteiger partial charge in [0.05, 0.1) is 6.54 Å². The summed E-state index contributed by atoms with van der Waals surface area (Å²) >= 11 is 0. The van der Waals surface area contributed by atoms with E-state index in [9.17, 15) is 9.59 Å². The number of nitrogens with one attached hydrogen (secondary N) is 1. The number of pyridine rings is 1. The van der Waals surface area contributed by atoms with Gasteiger partial charge in [-0.1, -0.05) is 24.3 Å². The molecule has 0 bridgehead atoms. The van der Waals surface area contributed by atoms with Gasteiger partial charge < -0.3 is 9.88 Å². The standard InChI is InChI=1S/C21H25N3O2/c25-20-13-18(5-9-22-20)17-7-11-24(12-8-17)21(26)15-23-10-6-16-3-1-2-4-19(16)14-23/h1-5,9,13,17H,6-8,10-12,14-15H2,(H,22,25). The molecule has 2 aliphatic heterocycles. The van der Waals surface area contributed by atoms with Gasteiger partial charge in [0.2, 0.25) is 11.5 Å². The Balaban J connectivity index is 1.31. The minimum atomic E-state index is -0.0496. The van der Waals surface area contributed by atoms with Crippen LogP contribution in [0.5, 0.6) is 0 Å². The minimum absolute atomic E-state index is 0.0496. The highest BCUT2D eigenvalue weighted by atomic mass is 16.2. The Bertz CT molecular complexity index is 837. The largest absolute Gasteiger partial charge is 0.342 e. The number of rotatable bonds is 3. The second-order valence-corrected chi connectivity index (χ2v) is 7.37. The molecule has 0 unspecified atom stereocenters. The Hall–Kier alpha value is -2.40. The lowest BCUT2D eigenvalue weighted by atomic mass is 9.90. The molecule has 1 fully saturated rings. The van der Waals surface area contributed by atoms with E-state index in [4.69, 9.17) is 0 Å². The molecule has 5 heteroatoms. The van der Waals surface area contributed by atoms with E-state index in [1.165, 1.54) is 11.1 Å². The quantitative estimate of drug-likeness (QED) is 0.922. The number of carbonyl (C=O) groups excluding carboxylic acids is 1. The fourth-order valence-corrected chi connectivity index (χ4v) is 4.16. The van der Waals surface area contributed by atoms with Crippen molar-refractivity contribution in [1.29, 1.82) is 0 Å². The monoisotopic (exact) mass is 351 g/mol. The predicted octanol–water partition coefficient (Wildman–Crippen LogP) is 2.14. The average molecular weight is 351 g/mol. The molecule has 0 saturated carbocycles. The highest BCUT2D eigenvalue weighted by Gasteiger charge is 2.26. The van der Waals surface area contributed by atoms with E-state index >= 15 is 0 Å². The van der Waals surface area contributed by atoms with Gasteiger partial charge in [0.15, 0.2) is 0 Å². The number of aromatic nitrogens is 1. The summed E-state index contributed by atoms with van der Waals surface area (Å²) in [5, 5.41) is 0. The van der Waals surface area contributed by atoms with Crippen molar-refractivity contribution in [1.82, 2.24) is 14.8 Å². The maximum absolute atomic E-state index is 12.7. The fraction of sp³-hybridized carbons (Fsp3) is 0.429. The summed E-state index contributed by atoms with van der Waals surface area (Å²) in [5.41, 5.74) is 3.80. The summed E-state index contributed by atoms with van der Waals surface area (Å²) in [6.07, 6.45) is 4.59. The van der Waals surface area contributed by atoms with Gasteiger partial charge in [0, 0.05) is 38.4 Å². The van der Waals surface area contributed by atoms with Crippen LogP contribution in [0.3, 0.4) is 0 Å². The third-order valence-corrected chi connectivity index (χ3v) is 5.69. The summed E-state index contributed by atoms with van der Waals surface area (Å²) in [7, 11) is 0. The zero-order chi connectivity index (χ0) is 17.9. The average Bonchev–Trinajstić information content (AvgIpc) is 2.68. The number of piperidine rings is 1. The zero-order valence-corrected chi connectivity index (χ0v) is 15.0.